The summed E-state index contributed by atoms with van der Waals surface area (Å²) in [6.07, 6.45) is -2.17. The van der Waals surface area contributed by atoms with Crippen LogP contribution in [0, 0.1) is 11.7 Å². The number of hydrogen-bond acceptors (Lipinski definition) is 2. The van der Waals surface area contributed by atoms with Gasteiger partial charge in [0.05, 0.1) is 5.56 Å². The van der Waals surface area contributed by atoms with Crippen LogP contribution in [0.4, 0.5) is 22.4 Å². The number of carbonyl (C=O) groups is 1. The van der Waals surface area contributed by atoms with Gasteiger partial charge in [-0.3, -0.25) is 0 Å². The molecule has 8 heteroatoms. The first kappa shape index (κ1) is 20.5. The third-order valence-corrected chi connectivity index (χ3v) is 4.51. The van der Waals surface area contributed by atoms with E-state index in [9.17, 15) is 22.4 Å². The Hall–Kier alpha value is -1.83. The van der Waals surface area contributed by atoms with Crippen molar-refractivity contribution in [3.8, 4) is 0 Å². The molecule has 1 aromatic carbocycles. The van der Waals surface area contributed by atoms with Crippen LogP contribution in [0.5, 0.6) is 0 Å². The highest BCUT2D eigenvalue weighted by molar-refractivity contribution is 5.73. The first-order valence-electron chi connectivity index (χ1n) is 8.73. The Morgan fingerprint density at radius 3 is 2.54 bits per heavy atom. The van der Waals surface area contributed by atoms with Gasteiger partial charge < -0.3 is 15.1 Å². The molecule has 0 radical (unpaired) electrons. The maximum Gasteiger partial charge on any atom is 0.416 e. The molecule has 4 nitrogen and oxygen atoms in total. The monoisotopic (exact) mass is 375 g/mol. The van der Waals surface area contributed by atoms with Crippen molar-refractivity contribution < 1.29 is 22.4 Å². The van der Waals surface area contributed by atoms with Gasteiger partial charge in [0, 0.05) is 32.2 Å². The number of rotatable bonds is 6. The highest BCUT2D eigenvalue weighted by atomic mass is 19.4. The molecule has 1 aromatic rings. The maximum atomic E-state index is 13.8. The van der Waals surface area contributed by atoms with E-state index in [2.05, 4.69) is 17.1 Å². The van der Waals surface area contributed by atoms with E-state index in [1.54, 1.807) is 7.05 Å². The Balaban J connectivity index is 1.81. The number of likely N-dealkylation sites (tertiary alicyclic amines) is 1. The molecule has 1 heterocycles. The molecule has 0 aromatic heterocycles. The van der Waals surface area contributed by atoms with E-state index in [1.165, 1.54) is 17.7 Å². The first-order valence-corrected chi connectivity index (χ1v) is 8.73. The van der Waals surface area contributed by atoms with Gasteiger partial charge in [-0.1, -0.05) is 13.0 Å². The predicted molar refractivity (Wildman–Crippen MR) is 91.1 cm³/mol. The van der Waals surface area contributed by atoms with Crippen LogP contribution in [0.15, 0.2) is 18.2 Å². The molecule has 0 spiro atoms. The lowest BCUT2D eigenvalue weighted by Gasteiger charge is -2.25. The molecule has 1 saturated heterocycles. The van der Waals surface area contributed by atoms with Crippen molar-refractivity contribution in [1.82, 2.24) is 15.1 Å². The summed E-state index contributed by atoms with van der Waals surface area (Å²) < 4.78 is 51.4. The van der Waals surface area contributed by atoms with Gasteiger partial charge in [0.2, 0.25) is 0 Å². The van der Waals surface area contributed by atoms with Gasteiger partial charge in [0.25, 0.3) is 0 Å². The summed E-state index contributed by atoms with van der Waals surface area (Å²) in [7, 11) is 1.65. The minimum Gasteiger partial charge on any atom is -0.334 e. The van der Waals surface area contributed by atoms with E-state index in [0.29, 0.717) is 18.5 Å². The molecule has 1 aliphatic heterocycles. The minimum absolute atomic E-state index is 0.0184. The molecule has 1 aliphatic rings. The summed E-state index contributed by atoms with van der Waals surface area (Å²) in [6.45, 7) is 5.56. The highest BCUT2D eigenvalue weighted by Gasteiger charge is 2.31. The number of urea groups is 1. The second-order valence-electron chi connectivity index (χ2n) is 6.96. The van der Waals surface area contributed by atoms with Crippen molar-refractivity contribution in [3.05, 3.63) is 35.1 Å². The SMILES string of the molecule is CC(CN1CCCC1)CN(C)C(=O)NCc1ccc(C(F)(F)F)cc1F. The van der Waals surface area contributed by atoms with Crippen molar-refractivity contribution in [1.29, 1.82) is 0 Å². The number of benzene rings is 1. The molecule has 0 bridgehead atoms. The zero-order valence-electron chi connectivity index (χ0n) is 15.1. The first-order chi connectivity index (χ1) is 12.2. The van der Waals surface area contributed by atoms with Crippen LogP contribution in [0.3, 0.4) is 0 Å². The quantitative estimate of drug-likeness (QED) is 0.770. The number of halogens is 4. The fraction of sp³-hybridized carbons (Fsp3) is 0.611. The van der Waals surface area contributed by atoms with Gasteiger partial charge in [0.1, 0.15) is 5.82 Å². The molecule has 1 N–H and O–H groups in total. The van der Waals surface area contributed by atoms with Gasteiger partial charge in [-0.05, 0) is 44.0 Å². The van der Waals surface area contributed by atoms with Crippen LogP contribution in [-0.2, 0) is 12.7 Å². The molecule has 2 rings (SSSR count). The predicted octanol–water partition coefficient (Wildman–Crippen LogP) is 3.72. The molecule has 1 atom stereocenters. The molecule has 1 fully saturated rings. The fourth-order valence-electron chi connectivity index (χ4n) is 3.19. The van der Waals surface area contributed by atoms with Gasteiger partial charge in [-0.15, -0.1) is 0 Å². The van der Waals surface area contributed by atoms with Gasteiger partial charge in [-0.2, -0.15) is 13.2 Å². The number of amides is 2. The number of carbonyl (C=O) groups excluding carboxylic acids is 1. The van der Waals surface area contributed by atoms with E-state index in [-0.39, 0.29) is 18.1 Å². The van der Waals surface area contributed by atoms with E-state index in [0.717, 1.165) is 31.8 Å². The summed E-state index contributed by atoms with van der Waals surface area (Å²) in [6, 6.07) is 1.93. The second-order valence-corrected chi connectivity index (χ2v) is 6.96. The molecule has 0 aliphatic carbocycles. The smallest absolute Gasteiger partial charge is 0.334 e. The van der Waals surface area contributed by atoms with Gasteiger partial charge in [-0.25, -0.2) is 9.18 Å². The summed E-state index contributed by atoms with van der Waals surface area (Å²) in [4.78, 5) is 16.0. The number of nitrogens with zero attached hydrogens (tertiary/aromatic N) is 2. The molecule has 146 valence electrons. The summed E-state index contributed by atoms with van der Waals surface area (Å²) in [5.41, 5.74) is -1.03. The zero-order chi connectivity index (χ0) is 19.3. The lowest BCUT2D eigenvalue weighted by molar-refractivity contribution is -0.137. The molecule has 2 amide bonds. The Morgan fingerprint density at radius 1 is 1.31 bits per heavy atom. The number of hydrogen-bond donors (Lipinski definition) is 1. The molecular weight excluding hydrogens is 350 g/mol. The van der Waals surface area contributed by atoms with Crippen molar-refractivity contribution >= 4 is 6.03 Å². The average Bonchev–Trinajstić information content (AvgIpc) is 3.05. The summed E-state index contributed by atoms with van der Waals surface area (Å²) >= 11 is 0. The van der Waals surface area contributed by atoms with E-state index < -0.39 is 17.6 Å². The normalized spacial score (nSPS) is 16.5. The standard InChI is InChI=1S/C18H25F4N3O/c1-13(12-25-7-3-4-8-25)11-24(2)17(26)23-10-14-5-6-15(9-16(14)19)18(20,21)22/h5-6,9,13H,3-4,7-8,10-12H2,1-2H3,(H,23,26). The van der Waals surface area contributed by atoms with Crippen LogP contribution in [0.1, 0.15) is 30.9 Å². The van der Waals surface area contributed by atoms with Gasteiger partial charge in [0.15, 0.2) is 0 Å². The van der Waals surface area contributed by atoms with Crippen LogP contribution < -0.4 is 5.32 Å². The van der Waals surface area contributed by atoms with Crippen LogP contribution >= 0.6 is 0 Å². The Kier molecular flexibility index (Phi) is 6.86. The second kappa shape index (κ2) is 8.70. The van der Waals surface area contributed by atoms with E-state index in [4.69, 9.17) is 0 Å². The molecule has 0 saturated carbocycles. The average molecular weight is 375 g/mol. The number of alkyl halides is 3. The summed E-state index contributed by atoms with van der Waals surface area (Å²) in [5.74, 6) is -0.683. The number of nitrogens with one attached hydrogen (secondary N) is 1. The summed E-state index contributed by atoms with van der Waals surface area (Å²) in [5, 5.41) is 2.55. The largest absolute Gasteiger partial charge is 0.416 e. The van der Waals surface area contributed by atoms with E-state index in [1.807, 2.05) is 0 Å². The third kappa shape index (κ3) is 5.86. The van der Waals surface area contributed by atoms with Crippen LogP contribution in [0.25, 0.3) is 0 Å². The lowest BCUT2D eigenvalue weighted by Crippen LogP contribution is -2.41. The molecule has 26 heavy (non-hydrogen) atoms. The minimum atomic E-state index is -4.59. The fourth-order valence-corrected chi connectivity index (χ4v) is 3.19. The Morgan fingerprint density at radius 2 is 1.96 bits per heavy atom. The molecule has 1 unspecified atom stereocenters. The van der Waals surface area contributed by atoms with Crippen molar-refractivity contribution in [2.75, 3.05) is 33.2 Å². The van der Waals surface area contributed by atoms with Gasteiger partial charge >= 0.3 is 12.2 Å². The van der Waals surface area contributed by atoms with Crippen molar-refractivity contribution in [3.63, 3.8) is 0 Å². The van der Waals surface area contributed by atoms with E-state index >= 15 is 0 Å². The lowest BCUT2D eigenvalue weighted by atomic mass is 10.1. The van der Waals surface area contributed by atoms with Crippen molar-refractivity contribution in [2.45, 2.75) is 32.5 Å². The zero-order valence-corrected chi connectivity index (χ0v) is 15.1. The highest BCUT2D eigenvalue weighted by Crippen LogP contribution is 2.30. The third-order valence-electron chi connectivity index (χ3n) is 4.51. The van der Waals surface area contributed by atoms with Crippen molar-refractivity contribution in [2.24, 2.45) is 5.92 Å². The van der Waals surface area contributed by atoms with Crippen LogP contribution in [0.2, 0.25) is 0 Å². The maximum absolute atomic E-state index is 13.8. The van der Waals surface area contributed by atoms with Crippen LogP contribution in [-0.4, -0.2) is 49.1 Å². The molecular formula is C18H25F4N3O. The Bertz CT molecular complexity index is 615. The Labute approximate surface area is 151 Å². The topological polar surface area (TPSA) is 35.6 Å².